The molecular weight excluding hydrogens is 295 g/mol. The molecule has 0 radical (unpaired) electrons. The molecule has 0 atom stereocenters. The van der Waals surface area contributed by atoms with Crippen molar-refractivity contribution in [1.82, 2.24) is 0 Å². The van der Waals surface area contributed by atoms with Crippen LogP contribution in [0.3, 0.4) is 0 Å². The van der Waals surface area contributed by atoms with E-state index in [2.05, 4.69) is 4.74 Å². The minimum atomic E-state index is -4.29. The van der Waals surface area contributed by atoms with Crippen LogP contribution in [-0.4, -0.2) is 32.5 Å². The van der Waals surface area contributed by atoms with Gasteiger partial charge >= 0.3 is 6.18 Å². The van der Waals surface area contributed by atoms with Crippen LogP contribution >= 0.6 is 11.6 Å². The zero-order chi connectivity index (χ0) is 15.0. The molecule has 0 spiro atoms. The quantitative estimate of drug-likeness (QED) is 0.750. The highest BCUT2D eigenvalue weighted by Crippen LogP contribution is 2.23. The Hall–Kier alpha value is -0.980. The van der Waals surface area contributed by atoms with E-state index in [9.17, 15) is 13.2 Å². The van der Waals surface area contributed by atoms with Crippen molar-refractivity contribution in [1.29, 1.82) is 0 Å². The van der Waals surface area contributed by atoms with Gasteiger partial charge in [0.05, 0.1) is 13.2 Å². The number of alkyl halides is 3. The van der Waals surface area contributed by atoms with Gasteiger partial charge in [-0.2, -0.15) is 13.2 Å². The molecule has 1 aromatic rings. The summed E-state index contributed by atoms with van der Waals surface area (Å²) in [5.74, 6) is 0.649. The largest absolute Gasteiger partial charge is 0.493 e. The Morgan fingerprint density at radius 1 is 1.20 bits per heavy atom. The van der Waals surface area contributed by atoms with Gasteiger partial charge in [-0.05, 0) is 36.7 Å². The summed E-state index contributed by atoms with van der Waals surface area (Å²) in [7, 11) is 0. The number of ether oxygens (including phenoxy) is 2. The fourth-order valence-corrected chi connectivity index (χ4v) is 1.77. The third-order valence-electron chi connectivity index (χ3n) is 2.39. The van der Waals surface area contributed by atoms with Crippen molar-refractivity contribution in [3.8, 4) is 5.75 Å². The summed E-state index contributed by atoms with van der Waals surface area (Å²) in [5.41, 5.74) is 6.37. The topological polar surface area (TPSA) is 44.5 Å². The van der Waals surface area contributed by atoms with E-state index in [1.807, 2.05) is 0 Å². The van der Waals surface area contributed by atoms with Crippen molar-refractivity contribution in [3.05, 3.63) is 28.8 Å². The van der Waals surface area contributed by atoms with E-state index in [-0.39, 0.29) is 13.2 Å². The lowest BCUT2D eigenvalue weighted by Crippen LogP contribution is -2.18. The van der Waals surface area contributed by atoms with Gasteiger partial charge in [0.15, 0.2) is 0 Å². The number of hydrogen-bond acceptors (Lipinski definition) is 3. The minimum Gasteiger partial charge on any atom is -0.493 e. The first-order chi connectivity index (χ1) is 9.42. The monoisotopic (exact) mass is 311 g/mol. The molecule has 0 aromatic heterocycles. The smallest absolute Gasteiger partial charge is 0.411 e. The summed E-state index contributed by atoms with van der Waals surface area (Å²) >= 11 is 5.87. The SMILES string of the molecule is NCCc1cc(Cl)ccc1OCCCOCC(F)(F)F. The van der Waals surface area contributed by atoms with Crippen molar-refractivity contribution < 1.29 is 22.6 Å². The van der Waals surface area contributed by atoms with E-state index in [4.69, 9.17) is 22.1 Å². The minimum absolute atomic E-state index is 0.000673. The zero-order valence-electron chi connectivity index (χ0n) is 10.9. The first-order valence-electron chi connectivity index (χ1n) is 6.18. The van der Waals surface area contributed by atoms with Gasteiger partial charge in [0.2, 0.25) is 0 Å². The fourth-order valence-electron chi connectivity index (χ4n) is 1.57. The highest BCUT2D eigenvalue weighted by Gasteiger charge is 2.27. The Bertz CT molecular complexity index is 413. The number of benzene rings is 1. The molecule has 0 bridgehead atoms. The van der Waals surface area contributed by atoms with Crippen LogP contribution in [-0.2, 0) is 11.2 Å². The predicted octanol–water partition coefficient (Wildman–Crippen LogP) is 3.19. The third-order valence-corrected chi connectivity index (χ3v) is 2.63. The third kappa shape index (κ3) is 6.98. The Morgan fingerprint density at radius 2 is 1.95 bits per heavy atom. The first kappa shape index (κ1) is 17.1. The fraction of sp³-hybridized carbons (Fsp3) is 0.538. The number of halogens is 4. The molecule has 0 aliphatic heterocycles. The van der Waals surface area contributed by atoms with Crippen molar-refractivity contribution in [2.24, 2.45) is 5.73 Å². The van der Waals surface area contributed by atoms with Gasteiger partial charge in [0, 0.05) is 11.4 Å². The van der Waals surface area contributed by atoms with Crippen LogP contribution in [0.25, 0.3) is 0 Å². The summed E-state index contributed by atoms with van der Waals surface area (Å²) in [6, 6.07) is 5.19. The van der Waals surface area contributed by atoms with Crippen molar-refractivity contribution in [3.63, 3.8) is 0 Å². The molecule has 0 aliphatic carbocycles. The van der Waals surface area contributed by atoms with Crippen LogP contribution in [0.1, 0.15) is 12.0 Å². The van der Waals surface area contributed by atoms with Gasteiger partial charge < -0.3 is 15.2 Å². The molecule has 0 unspecified atom stereocenters. The lowest BCUT2D eigenvalue weighted by molar-refractivity contribution is -0.174. The molecule has 0 saturated carbocycles. The van der Waals surface area contributed by atoms with Gasteiger partial charge in [0.1, 0.15) is 12.4 Å². The normalized spacial score (nSPS) is 11.7. The van der Waals surface area contributed by atoms with Crippen LogP contribution in [0.4, 0.5) is 13.2 Å². The molecule has 0 heterocycles. The van der Waals surface area contributed by atoms with Gasteiger partial charge in [-0.1, -0.05) is 11.6 Å². The number of nitrogens with two attached hydrogens (primary N) is 1. The van der Waals surface area contributed by atoms with Crippen LogP contribution < -0.4 is 10.5 Å². The van der Waals surface area contributed by atoms with Crippen LogP contribution in [0.2, 0.25) is 5.02 Å². The molecular formula is C13H17ClF3NO2. The average molecular weight is 312 g/mol. The summed E-state index contributed by atoms with van der Waals surface area (Å²) in [6.07, 6.45) is -3.29. The Labute approximate surface area is 120 Å². The number of hydrogen-bond donors (Lipinski definition) is 1. The highest BCUT2D eigenvalue weighted by atomic mass is 35.5. The molecule has 0 aliphatic rings. The zero-order valence-corrected chi connectivity index (χ0v) is 11.6. The first-order valence-corrected chi connectivity index (χ1v) is 6.56. The summed E-state index contributed by atoms with van der Waals surface area (Å²) < 4.78 is 45.5. The highest BCUT2D eigenvalue weighted by molar-refractivity contribution is 6.30. The second-order valence-electron chi connectivity index (χ2n) is 4.16. The van der Waals surface area contributed by atoms with E-state index < -0.39 is 12.8 Å². The maximum atomic E-state index is 11.8. The predicted molar refractivity (Wildman–Crippen MR) is 71.2 cm³/mol. The molecule has 114 valence electrons. The summed E-state index contributed by atoms with van der Waals surface area (Å²) in [4.78, 5) is 0. The molecule has 7 heteroatoms. The molecule has 0 fully saturated rings. The summed E-state index contributed by atoms with van der Waals surface area (Å²) in [5, 5.41) is 0.592. The van der Waals surface area contributed by atoms with E-state index >= 15 is 0 Å². The van der Waals surface area contributed by atoms with Crippen LogP contribution in [0.15, 0.2) is 18.2 Å². The molecule has 20 heavy (non-hydrogen) atoms. The molecule has 2 N–H and O–H groups in total. The van der Waals surface area contributed by atoms with Crippen LogP contribution in [0, 0.1) is 0 Å². The van der Waals surface area contributed by atoms with E-state index in [1.54, 1.807) is 18.2 Å². The van der Waals surface area contributed by atoms with Gasteiger partial charge in [-0.3, -0.25) is 0 Å². The molecule has 1 rings (SSSR count). The molecule has 1 aromatic carbocycles. The Kier molecular flexibility index (Phi) is 7.12. The van der Waals surface area contributed by atoms with Crippen molar-refractivity contribution in [2.45, 2.75) is 19.0 Å². The Morgan fingerprint density at radius 3 is 2.60 bits per heavy atom. The van der Waals surface area contributed by atoms with E-state index in [1.165, 1.54) is 0 Å². The van der Waals surface area contributed by atoms with E-state index in [0.29, 0.717) is 30.2 Å². The van der Waals surface area contributed by atoms with Gasteiger partial charge in [-0.25, -0.2) is 0 Å². The maximum Gasteiger partial charge on any atom is 0.411 e. The molecule has 3 nitrogen and oxygen atoms in total. The standard InChI is InChI=1S/C13H17ClF3NO2/c14-11-2-3-12(10(8-11)4-5-18)20-7-1-6-19-9-13(15,16)17/h2-3,8H,1,4-7,9,18H2. The lowest BCUT2D eigenvalue weighted by atomic mass is 10.1. The van der Waals surface area contributed by atoms with Gasteiger partial charge in [0.25, 0.3) is 0 Å². The molecule has 0 saturated heterocycles. The van der Waals surface area contributed by atoms with Crippen LogP contribution in [0.5, 0.6) is 5.75 Å². The van der Waals surface area contributed by atoms with Gasteiger partial charge in [-0.15, -0.1) is 0 Å². The Balaban J connectivity index is 2.31. The number of rotatable bonds is 8. The summed E-state index contributed by atoms with van der Waals surface area (Å²) in [6.45, 7) is -0.492. The molecule has 0 amide bonds. The second-order valence-corrected chi connectivity index (χ2v) is 4.60. The second kappa shape index (κ2) is 8.34. The van der Waals surface area contributed by atoms with Crippen molar-refractivity contribution >= 4 is 11.6 Å². The average Bonchev–Trinajstić information content (AvgIpc) is 2.35. The maximum absolute atomic E-state index is 11.8. The lowest BCUT2D eigenvalue weighted by Gasteiger charge is -2.12. The van der Waals surface area contributed by atoms with E-state index in [0.717, 1.165) is 5.56 Å². The van der Waals surface area contributed by atoms with Crippen molar-refractivity contribution in [2.75, 3.05) is 26.4 Å².